The van der Waals surface area contributed by atoms with Crippen LogP contribution in [0.15, 0.2) is 36.7 Å². The van der Waals surface area contributed by atoms with Crippen LogP contribution in [0.4, 0.5) is 0 Å². The quantitative estimate of drug-likeness (QED) is 0.401. The fourth-order valence-electron chi connectivity index (χ4n) is 1.21. The Hall–Kier alpha value is 32.6. The van der Waals surface area contributed by atoms with Gasteiger partial charge in [0.15, 0.2) is 0 Å². The first kappa shape index (κ1) is 202. The van der Waals surface area contributed by atoms with Crippen molar-refractivity contribution < 1.29 is 1010 Å². The second-order valence-corrected chi connectivity index (χ2v) is 2.90. The Bertz CT molecular complexity index is 431. The summed E-state index contributed by atoms with van der Waals surface area (Å²) in [6, 6.07) is 14.2. The Morgan fingerprint density at radius 3 is 0.864 bits per heavy atom. The number of benzene rings is 1. The molecule has 0 atom stereocenters. The van der Waals surface area contributed by atoms with Crippen molar-refractivity contribution in [1.29, 1.82) is 0 Å². The number of nitrogens with zero attached hydrogens (tertiary/aromatic N) is 1. The summed E-state index contributed by atoms with van der Waals surface area (Å²) >= 11 is 0. The summed E-state index contributed by atoms with van der Waals surface area (Å²) in [6.07, 6.45) is 3.52. The van der Waals surface area contributed by atoms with Crippen LogP contribution in [0, 0.1) is 19.1 Å². The number of aryl methyl sites for hydroxylation is 1. The fourth-order valence-corrected chi connectivity index (χ4v) is 1.21. The zero-order valence-corrected chi connectivity index (χ0v) is 113. The first-order valence-electron chi connectivity index (χ1n) is 4.17. The molecule has 1 aromatic heterocycles. The van der Waals surface area contributed by atoms with E-state index >= 15 is 0 Å². The summed E-state index contributed by atoms with van der Waals surface area (Å²) in [7, 11) is 0. The van der Waals surface area contributed by atoms with Gasteiger partial charge in [0, 0.05) is 1010 Å². The van der Waals surface area contributed by atoms with Gasteiger partial charge in [0.1, 0.15) is 0 Å². The Labute approximate surface area is 1050 Å². The maximum Gasteiger partial charge on any atom is 0 e. The molecular formula is C12H9NY31-2. The number of hydrogen-bond donors (Lipinski definition) is 0. The van der Waals surface area contributed by atoms with Crippen LogP contribution in [0.3, 0.4) is 0 Å². The van der Waals surface area contributed by atoms with E-state index in [1.165, 1.54) is 0 Å². The second kappa shape index (κ2) is 164. The van der Waals surface area contributed by atoms with E-state index in [4.69, 9.17) is 0 Å². The van der Waals surface area contributed by atoms with E-state index in [1.807, 2.05) is 31.2 Å². The van der Waals surface area contributed by atoms with Crippen LogP contribution in [-0.4, -0.2) is 4.98 Å². The van der Waals surface area contributed by atoms with E-state index in [9.17, 15) is 0 Å². The molecule has 0 fully saturated rings. The monoisotopic (exact) mass is 2920 g/mol. The Morgan fingerprint density at radius 1 is 0.386 bits per heavy atom. The zero-order chi connectivity index (χ0) is 9.10. The normalized spacial score (nSPS) is 2.93. The van der Waals surface area contributed by atoms with Crippen molar-refractivity contribution in [3.63, 3.8) is 0 Å². The fraction of sp³-hybridized carbons (Fsp3) is 0.0833. The summed E-state index contributed by atoms with van der Waals surface area (Å²) < 4.78 is 0. The molecule has 0 N–H and O–H groups in total. The SMILES string of the molecule is Cc1[c-]c(-c2[c-]ccnc2)ccc1.[Y].[Y].[Y].[Y].[Y].[Y].[Y].[Y].[Y].[Y].[Y].[Y].[Y].[Y].[Y].[Y].[Y].[Y].[Y].[Y].[Y].[Y].[Y].[Y].[Y].[Y].[Y].[Y].[Y].[Y].[Y]. The molecule has 0 amide bonds. The zero-order valence-electron chi connectivity index (χ0n) is 25.3. The maximum atomic E-state index is 4.04. The molecule has 44 heavy (non-hydrogen) atoms. The topological polar surface area (TPSA) is 12.9 Å². The van der Waals surface area contributed by atoms with Crippen LogP contribution in [0.1, 0.15) is 5.56 Å². The minimum absolute atomic E-state index is 0. The molecule has 32 heteroatoms. The van der Waals surface area contributed by atoms with Crippen molar-refractivity contribution in [3.05, 3.63) is 54.4 Å². The van der Waals surface area contributed by atoms with Crippen molar-refractivity contribution >= 4 is 0 Å². The molecule has 31 radical (unpaired) electrons. The van der Waals surface area contributed by atoms with E-state index in [1.54, 1.807) is 12.4 Å². The van der Waals surface area contributed by atoms with Gasteiger partial charge in [0.2, 0.25) is 0 Å². The molecule has 0 saturated carbocycles. The van der Waals surface area contributed by atoms with Gasteiger partial charge in [-0.3, -0.25) is 0 Å². The van der Waals surface area contributed by atoms with Crippen molar-refractivity contribution in [1.82, 2.24) is 4.98 Å². The summed E-state index contributed by atoms with van der Waals surface area (Å²) in [5, 5.41) is 0. The molecule has 0 unspecified atom stereocenters. The summed E-state index contributed by atoms with van der Waals surface area (Å²) in [5.74, 6) is 0. The first-order valence-corrected chi connectivity index (χ1v) is 4.17. The van der Waals surface area contributed by atoms with Crippen LogP contribution in [0.5, 0.6) is 0 Å². The van der Waals surface area contributed by atoms with Gasteiger partial charge in [-0.15, -0.1) is 17.7 Å². The predicted octanol–water partition coefficient (Wildman–Crippen LogP) is 2.58. The third-order valence-corrected chi connectivity index (χ3v) is 1.83. The molecule has 0 aliphatic heterocycles. The van der Waals surface area contributed by atoms with Gasteiger partial charge in [-0.25, -0.2) is 11.1 Å². The molecule has 0 aliphatic rings. The van der Waals surface area contributed by atoms with E-state index in [2.05, 4.69) is 17.1 Å². The average Bonchev–Trinajstić information content (AvgIpc) is 2.19. The summed E-state index contributed by atoms with van der Waals surface area (Å²) in [4.78, 5) is 4.04. The molecule has 0 aliphatic carbocycles. The van der Waals surface area contributed by atoms with Crippen LogP contribution in [-0.2, 0) is 1010 Å². The maximum absolute atomic E-state index is 4.04. The number of rotatable bonds is 1. The summed E-state index contributed by atoms with van der Waals surface area (Å²) in [6.45, 7) is 2.03. The van der Waals surface area contributed by atoms with Crippen molar-refractivity contribution in [2.24, 2.45) is 0 Å². The van der Waals surface area contributed by atoms with E-state index < -0.39 is 0 Å². The first-order chi connectivity index (χ1) is 6.36. The van der Waals surface area contributed by atoms with Crippen molar-refractivity contribution in [3.8, 4) is 11.1 Å². The molecule has 0 bridgehead atoms. The number of pyridine rings is 1. The number of hydrogen-bond acceptors (Lipinski definition) is 1. The van der Waals surface area contributed by atoms with E-state index in [-0.39, 0.29) is 1010 Å². The second-order valence-electron chi connectivity index (χ2n) is 2.90. The third kappa shape index (κ3) is 136. The van der Waals surface area contributed by atoms with Gasteiger partial charge in [0.05, 0.1) is 0 Å². The van der Waals surface area contributed by atoms with Crippen LogP contribution in [0.25, 0.3) is 11.1 Å². The van der Waals surface area contributed by atoms with Crippen LogP contribution < -0.4 is 0 Å². The molecule has 157 valence electrons. The van der Waals surface area contributed by atoms with Gasteiger partial charge in [-0.2, -0.15) is 24.3 Å². The number of aromatic nitrogens is 1. The van der Waals surface area contributed by atoms with Crippen molar-refractivity contribution in [2.75, 3.05) is 0 Å². The van der Waals surface area contributed by atoms with Gasteiger partial charge in [-0.1, -0.05) is 19.3 Å². The van der Waals surface area contributed by atoms with E-state index in [0.717, 1.165) is 16.7 Å². The smallest absolute Gasteiger partial charge is 0 e. The Morgan fingerprint density at radius 2 is 0.659 bits per heavy atom. The standard InChI is InChI=1S/C12H9N.31Y/c1-10-4-2-5-11(8-10)12-6-3-7-13-9-12;;;;;;;;;;;;;;;;;;;;;;;;;;;;;;;/h2-5,7,9H,1H3;;;;;;;;;;;;;;;;;;;;;;;;;;;;;;;/q-2;;;;;;;;;;;;;;;;;;;;;;;;;;;;;;;. The Kier molecular flexibility index (Phi) is 753. The predicted molar refractivity (Wildman–Crippen MR) is 52.1 cm³/mol. The molecule has 2 aromatic rings. The Balaban J connectivity index is -0.00000000226. The molecule has 2 rings (SSSR count). The third-order valence-electron chi connectivity index (χ3n) is 1.83. The summed E-state index contributed by atoms with van der Waals surface area (Å²) in [5.41, 5.74) is 3.18. The van der Waals surface area contributed by atoms with E-state index in [0.29, 0.717) is 0 Å². The van der Waals surface area contributed by atoms with Gasteiger partial charge in [-0.05, 0) is 0 Å². The molecule has 0 saturated heterocycles. The molecule has 1 heterocycles. The molecule has 1 aromatic carbocycles. The molecule has 1 nitrogen and oxygen atoms in total. The van der Waals surface area contributed by atoms with Gasteiger partial charge in [0.25, 0.3) is 0 Å². The minimum atomic E-state index is 0. The van der Waals surface area contributed by atoms with Crippen LogP contribution in [0.2, 0.25) is 0 Å². The van der Waals surface area contributed by atoms with Gasteiger partial charge < -0.3 is 4.98 Å². The van der Waals surface area contributed by atoms with Gasteiger partial charge >= 0.3 is 0 Å². The minimum Gasteiger partial charge on any atom is -0.370 e. The molecule has 0 spiro atoms. The van der Waals surface area contributed by atoms with Crippen molar-refractivity contribution in [2.45, 2.75) is 6.92 Å². The van der Waals surface area contributed by atoms with Crippen LogP contribution >= 0.6 is 0 Å². The molecular weight excluding hydrogens is 2910 g/mol. The largest absolute Gasteiger partial charge is 0.370 e. The average molecular weight is 2920 g/mol.